The van der Waals surface area contributed by atoms with Gasteiger partial charge in [0.25, 0.3) is 0 Å². The Kier molecular flexibility index (Phi) is 3.60. The highest BCUT2D eigenvalue weighted by molar-refractivity contribution is 4.91. The van der Waals surface area contributed by atoms with Crippen LogP contribution in [0.5, 0.6) is 0 Å². The normalized spacial score (nSPS) is 34.6. The Balaban J connectivity index is 1.75. The van der Waals surface area contributed by atoms with E-state index in [2.05, 4.69) is 17.1 Å². The highest BCUT2D eigenvalue weighted by Gasteiger charge is 2.20. The highest BCUT2D eigenvalue weighted by Crippen LogP contribution is 2.20. The van der Waals surface area contributed by atoms with Gasteiger partial charge in [0, 0.05) is 19.1 Å². The SMILES string of the molecule is NC1CCCN(CC2CC=CCC2)C1. The molecule has 0 radical (unpaired) electrons. The topological polar surface area (TPSA) is 29.3 Å². The third-order valence-corrected chi connectivity index (χ3v) is 3.44. The Bertz CT molecular complexity index is 200. The Hall–Kier alpha value is -0.340. The summed E-state index contributed by atoms with van der Waals surface area (Å²) in [4.78, 5) is 2.57. The van der Waals surface area contributed by atoms with Crippen molar-refractivity contribution in [2.24, 2.45) is 11.7 Å². The minimum atomic E-state index is 0.433. The van der Waals surface area contributed by atoms with Crippen LogP contribution in [0.1, 0.15) is 32.1 Å². The number of hydrogen-bond donors (Lipinski definition) is 1. The van der Waals surface area contributed by atoms with E-state index in [4.69, 9.17) is 5.73 Å². The maximum absolute atomic E-state index is 5.97. The second-order valence-electron chi connectivity index (χ2n) is 4.81. The molecule has 0 bridgehead atoms. The molecule has 2 heteroatoms. The summed E-state index contributed by atoms with van der Waals surface area (Å²) in [6.07, 6.45) is 11.1. The molecule has 1 heterocycles. The van der Waals surface area contributed by atoms with Crippen LogP contribution >= 0.6 is 0 Å². The van der Waals surface area contributed by atoms with Crippen LogP contribution in [0, 0.1) is 5.92 Å². The fourth-order valence-electron chi connectivity index (χ4n) is 2.64. The van der Waals surface area contributed by atoms with Crippen LogP contribution in [0.2, 0.25) is 0 Å². The lowest BCUT2D eigenvalue weighted by molar-refractivity contribution is 0.175. The zero-order chi connectivity index (χ0) is 9.80. The molecule has 80 valence electrons. The minimum Gasteiger partial charge on any atom is -0.327 e. The first-order valence-electron chi connectivity index (χ1n) is 5.97. The fraction of sp³-hybridized carbons (Fsp3) is 0.833. The number of nitrogens with two attached hydrogens (primary N) is 1. The monoisotopic (exact) mass is 194 g/mol. The van der Waals surface area contributed by atoms with Crippen LogP contribution in [-0.2, 0) is 0 Å². The van der Waals surface area contributed by atoms with E-state index in [1.807, 2.05) is 0 Å². The van der Waals surface area contributed by atoms with Crippen molar-refractivity contribution in [1.82, 2.24) is 4.90 Å². The Labute approximate surface area is 87.2 Å². The molecule has 2 aliphatic rings. The van der Waals surface area contributed by atoms with Crippen molar-refractivity contribution in [3.8, 4) is 0 Å². The first-order valence-corrected chi connectivity index (χ1v) is 5.97. The van der Waals surface area contributed by atoms with Crippen LogP contribution in [-0.4, -0.2) is 30.6 Å². The molecule has 0 saturated carbocycles. The third kappa shape index (κ3) is 2.82. The van der Waals surface area contributed by atoms with Gasteiger partial charge >= 0.3 is 0 Å². The van der Waals surface area contributed by atoms with Gasteiger partial charge in [-0.2, -0.15) is 0 Å². The maximum Gasteiger partial charge on any atom is 0.0168 e. The van der Waals surface area contributed by atoms with E-state index >= 15 is 0 Å². The van der Waals surface area contributed by atoms with Crippen molar-refractivity contribution in [1.29, 1.82) is 0 Å². The lowest BCUT2D eigenvalue weighted by Crippen LogP contribution is -2.44. The largest absolute Gasteiger partial charge is 0.327 e. The second kappa shape index (κ2) is 4.94. The summed E-state index contributed by atoms with van der Waals surface area (Å²) in [6.45, 7) is 3.67. The third-order valence-electron chi connectivity index (χ3n) is 3.44. The predicted molar refractivity (Wildman–Crippen MR) is 60.1 cm³/mol. The van der Waals surface area contributed by atoms with E-state index < -0.39 is 0 Å². The first kappa shape index (κ1) is 10.2. The first-order chi connectivity index (χ1) is 6.84. The second-order valence-corrected chi connectivity index (χ2v) is 4.81. The summed E-state index contributed by atoms with van der Waals surface area (Å²) in [5, 5.41) is 0. The maximum atomic E-state index is 5.97. The molecule has 1 fully saturated rings. The summed E-state index contributed by atoms with van der Waals surface area (Å²) < 4.78 is 0. The predicted octanol–water partition coefficient (Wildman–Crippen LogP) is 1.77. The highest BCUT2D eigenvalue weighted by atomic mass is 15.1. The van der Waals surface area contributed by atoms with Crippen LogP contribution in [0.15, 0.2) is 12.2 Å². The van der Waals surface area contributed by atoms with Crippen molar-refractivity contribution in [2.45, 2.75) is 38.1 Å². The van der Waals surface area contributed by atoms with Gasteiger partial charge in [0.2, 0.25) is 0 Å². The molecule has 2 rings (SSSR count). The van der Waals surface area contributed by atoms with Crippen molar-refractivity contribution in [3.05, 3.63) is 12.2 Å². The zero-order valence-electron chi connectivity index (χ0n) is 8.99. The van der Waals surface area contributed by atoms with Gasteiger partial charge in [0.15, 0.2) is 0 Å². The molecule has 14 heavy (non-hydrogen) atoms. The molecule has 1 saturated heterocycles. The molecule has 0 aromatic rings. The summed E-state index contributed by atoms with van der Waals surface area (Å²) >= 11 is 0. The quantitative estimate of drug-likeness (QED) is 0.679. The van der Waals surface area contributed by atoms with Gasteiger partial charge in [-0.15, -0.1) is 0 Å². The Morgan fingerprint density at radius 3 is 2.93 bits per heavy atom. The Morgan fingerprint density at radius 1 is 1.29 bits per heavy atom. The molecule has 2 N–H and O–H groups in total. The van der Waals surface area contributed by atoms with Crippen molar-refractivity contribution >= 4 is 0 Å². The molecule has 2 atom stereocenters. The lowest BCUT2D eigenvalue weighted by atomic mass is 9.93. The van der Waals surface area contributed by atoms with E-state index in [0.29, 0.717) is 6.04 Å². The van der Waals surface area contributed by atoms with Crippen LogP contribution < -0.4 is 5.73 Å². The fourth-order valence-corrected chi connectivity index (χ4v) is 2.64. The van der Waals surface area contributed by atoms with E-state index in [1.165, 1.54) is 45.2 Å². The summed E-state index contributed by atoms with van der Waals surface area (Å²) in [5.41, 5.74) is 5.97. The van der Waals surface area contributed by atoms with Gasteiger partial charge < -0.3 is 10.6 Å². The van der Waals surface area contributed by atoms with Gasteiger partial charge in [-0.3, -0.25) is 0 Å². The Morgan fingerprint density at radius 2 is 2.21 bits per heavy atom. The van der Waals surface area contributed by atoms with Gasteiger partial charge in [-0.25, -0.2) is 0 Å². The van der Waals surface area contributed by atoms with Crippen LogP contribution in [0.4, 0.5) is 0 Å². The summed E-state index contributed by atoms with van der Waals surface area (Å²) in [5.74, 6) is 0.894. The van der Waals surface area contributed by atoms with Crippen molar-refractivity contribution in [2.75, 3.05) is 19.6 Å². The zero-order valence-corrected chi connectivity index (χ0v) is 8.99. The number of likely N-dealkylation sites (tertiary alicyclic amines) is 1. The average molecular weight is 194 g/mol. The van der Waals surface area contributed by atoms with E-state index in [-0.39, 0.29) is 0 Å². The number of piperidine rings is 1. The number of rotatable bonds is 2. The average Bonchev–Trinajstić information content (AvgIpc) is 2.19. The van der Waals surface area contributed by atoms with Gasteiger partial charge in [0.05, 0.1) is 0 Å². The standard InChI is InChI=1S/C12H22N2/c13-12-7-4-8-14(10-12)9-11-5-2-1-3-6-11/h1-2,11-12H,3-10,13H2. The van der Waals surface area contributed by atoms with E-state index in [0.717, 1.165) is 12.5 Å². The van der Waals surface area contributed by atoms with Crippen molar-refractivity contribution < 1.29 is 0 Å². The molecular weight excluding hydrogens is 172 g/mol. The lowest BCUT2D eigenvalue weighted by Gasteiger charge is -2.33. The van der Waals surface area contributed by atoms with Gasteiger partial charge in [-0.1, -0.05) is 12.2 Å². The molecule has 0 aromatic heterocycles. The van der Waals surface area contributed by atoms with Crippen molar-refractivity contribution in [3.63, 3.8) is 0 Å². The number of hydrogen-bond acceptors (Lipinski definition) is 2. The smallest absolute Gasteiger partial charge is 0.0168 e. The molecular formula is C12H22N2. The van der Waals surface area contributed by atoms with E-state index in [9.17, 15) is 0 Å². The molecule has 2 nitrogen and oxygen atoms in total. The molecule has 2 unspecified atom stereocenters. The van der Waals surface area contributed by atoms with Gasteiger partial charge in [-0.05, 0) is 44.6 Å². The number of nitrogens with zero attached hydrogens (tertiary/aromatic N) is 1. The molecule has 0 amide bonds. The summed E-state index contributed by atoms with van der Waals surface area (Å²) in [7, 11) is 0. The van der Waals surface area contributed by atoms with Gasteiger partial charge in [0.1, 0.15) is 0 Å². The molecule has 1 aliphatic heterocycles. The molecule has 0 spiro atoms. The number of allylic oxidation sites excluding steroid dienone is 2. The van der Waals surface area contributed by atoms with Crippen LogP contribution in [0.25, 0.3) is 0 Å². The summed E-state index contributed by atoms with van der Waals surface area (Å²) in [6, 6.07) is 0.433. The molecule has 0 aromatic carbocycles. The van der Waals surface area contributed by atoms with Crippen LogP contribution in [0.3, 0.4) is 0 Å². The minimum absolute atomic E-state index is 0.433. The molecule has 1 aliphatic carbocycles. The van der Waals surface area contributed by atoms with E-state index in [1.54, 1.807) is 0 Å².